The number of rotatable bonds is 6. The number of amides is 1. The average molecular weight is 489 g/mol. The van der Waals surface area contributed by atoms with Crippen molar-refractivity contribution in [1.29, 1.82) is 0 Å². The van der Waals surface area contributed by atoms with E-state index >= 15 is 0 Å². The van der Waals surface area contributed by atoms with Crippen molar-refractivity contribution in [2.24, 2.45) is 0 Å². The fourth-order valence-corrected chi connectivity index (χ4v) is 6.40. The van der Waals surface area contributed by atoms with Gasteiger partial charge in [0.1, 0.15) is 5.82 Å². The van der Waals surface area contributed by atoms with E-state index < -0.39 is 10.0 Å². The van der Waals surface area contributed by atoms with Gasteiger partial charge in [-0.2, -0.15) is 4.31 Å². The zero-order valence-corrected chi connectivity index (χ0v) is 20.5. The molecular weight excluding hydrogens is 455 g/mol. The summed E-state index contributed by atoms with van der Waals surface area (Å²) in [6, 6.07) is 11.8. The van der Waals surface area contributed by atoms with E-state index in [2.05, 4.69) is 5.32 Å². The number of piperazine rings is 1. The number of nitrogens with zero attached hydrogens (tertiary/aromatic N) is 3. The van der Waals surface area contributed by atoms with Gasteiger partial charge >= 0.3 is 0 Å². The highest BCUT2D eigenvalue weighted by Crippen LogP contribution is 2.26. The first-order valence-corrected chi connectivity index (χ1v) is 13.4. The molecule has 2 aromatic carbocycles. The number of benzene rings is 2. The standard InChI is InChI=1S/C25H33FN4O3S/c1-20-10-11-21(18-24(20)34(32,33)30-12-6-2-3-7-13-30)27-25(31)19-28-14-16-29(17-15-28)23-9-5-4-8-22(23)26/h4-5,8-11,18H,2-3,6-7,12-17,19H2,1H3,(H,27,31). The van der Waals surface area contributed by atoms with Crippen LogP contribution in [0.25, 0.3) is 0 Å². The van der Waals surface area contributed by atoms with Crippen molar-refractivity contribution in [3.63, 3.8) is 0 Å². The zero-order valence-electron chi connectivity index (χ0n) is 19.7. The second kappa shape index (κ2) is 10.8. The third-order valence-corrected chi connectivity index (χ3v) is 8.63. The van der Waals surface area contributed by atoms with E-state index in [9.17, 15) is 17.6 Å². The second-order valence-corrected chi connectivity index (χ2v) is 11.0. The SMILES string of the molecule is Cc1ccc(NC(=O)CN2CCN(c3ccccc3F)CC2)cc1S(=O)(=O)N1CCCCCC1. The van der Waals surface area contributed by atoms with Gasteiger partial charge in [-0.05, 0) is 49.6 Å². The number of para-hydroxylation sites is 1. The predicted molar refractivity (Wildman–Crippen MR) is 132 cm³/mol. The Morgan fingerprint density at radius 2 is 1.62 bits per heavy atom. The van der Waals surface area contributed by atoms with Crippen LogP contribution in [0.4, 0.5) is 15.8 Å². The summed E-state index contributed by atoms with van der Waals surface area (Å²) in [6.07, 6.45) is 3.85. The van der Waals surface area contributed by atoms with Gasteiger partial charge in [0.2, 0.25) is 15.9 Å². The molecule has 0 unspecified atom stereocenters. The van der Waals surface area contributed by atoms with Gasteiger partial charge in [0.25, 0.3) is 0 Å². The van der Waals surface area contributed by atoms with Crippen LogP contribution in [0.15, 0.2) is 47.4 Å². The van der Waals surface area contributed by atoms with Crippen molar-refractivity contribution in [1.82, 2.24) is 9.21 Å². The minimum atomic E-state index is -3.60. The van der Waals surface area contributed by atoms with Crippen LogP contribution in [0.1, 0.15) is 31.2 Å². The third kappa shape index (κ3) is 5.76. The van der Waals surface area contributed by atoms with Gasteiger partial charge in [-0.3, -0.25) is 9.69 Å². The number of carbonyl (C=O) groups is 1. The molecule has 0 atom stereocenters. The van der Waals surface area contributed by atoms with Crippen molar-refractivity contribution in [3.8, 4) is 0 Å². The first-order valence-electron chi connectivity index (χ1n) is 12.0. The van der Waals surface area contributed by atoms with E-state index in [1.807, 2.05) is 15.9 Å². The Balaban J connectivity index is 1.36. The second-order valence-electron chi connectivity index (χ2n) is 9.06. The van der Waals surface area contributed by atoms with Gasteiger partial charge in [0.05, 0.1) is 17.1 Å². The van der Waals surface area contributed by atoms with Crippen LogP contribution in [0, 0.1) is 12.7 Å². The first-order chi connectivity index (χ1) is 16.3. The molecule has 0 aliphatic carbocycles. The molecule has 2 aliphatic heterocycles. The Morgan fingerprint density at radius 3 is 2.29 bits per heavy atom. The van der Waals surface area contributed by atoms with E-state index in [0.29, 0.717) is 56.2 Å². The molecule has 1 N–H and O–H groups in total. The highest BCUT2D eigenvalue weighted by molar-refractivity contribution is 7.89. The van der Waals surface area contributed by atoms with Crippen LogP contribution in [-0.4, -0.2) is 69.3 Å². The van der Waals surface area contributed by atoms with Gasteiger partial charge in [-0.15, -0.1) is 0 Å². The van der Waals surface area contributed by atoms with Crippen molar-refractivity contribution in [3.05, 3.63) is 53.8 Å². The lowest BCUT2D eigenvalue weighted by Crippen LogP contribution is -2.48. The fraction of sp³-hybridized carbons (Fsp3) is 0.480. The maximum Gasteiger partial charge on any atom is 0.243 e. The zero-order chi connectivity index (χ0) is 24.1. The first kappa shape index (κ1) is 24.6. The molecule has 184 valence electrons. The van der Waals surface area contributed by atoms with Crippen LogP contribution in [0.5, 0.6) is 0 Å². The van der Waals surface area contributed by atoms with Crippen LogP contribution in [0.2, 0.25) is 0 Å². The highest BCUT2D eigenvalue weighted by atomic mass is 32.2. The van der Waals surface area contributed by atoms with E-state index in [1.54, 1.807) is 41.6 Å². The molecule has 0 spiro atoms. The molecule has 2 aromatic rings. The lowest BCUT2D eigenvalue weighted by Gasteiger charge is -2.35. The molecule has 0 radical (unpaired) electrons. The summed E-state index contributed by atoms with van der Waals surface area (Å²) in [4.78, 5) is 17.0. The van der Waals surface area contributed by atoms with Crippen LogP contribution in [0.3, 0.4) is 0 Å². The molecule has 4 rings (SSSR count). The number of halogens is 1. The number of hydrogen-bond donors (Lipinski definition) is 1. The smallest absolute Gasteiger partial charge is 0.243 e. The maximum atomic E-state index is 14.0. The normalized spacial score (nSPS) is 18.5. The van der Waals surface area contributed by atoms with E-state index in [0.717, 1.165) is 25.7 Å². The third-order valence-electron chi connectivity index (χ3n) is 6.59. The van der Waals surface area contributed by atoms with Crippen LogP contribution >= 0.6 is 0 Å². The van der Waals surface area contributed by atoms with Crippen molar-refractivity contribution in [2.45, 2.75) is 37.5 Å². The Hall–Kier alpha value is -2.49. The van der Waals surface area contributed by atoms with Gasteiger partial charge in [-0.1, -0.05) is 31.0 Å². The largest absolute Gasteiger partial charge is 0.367 e. The molecule has 2 saturated heterocycles. The summed E-state index contributed by atoms with van der Waals surface area (Å²) in [5.74, 6) is -0.430. The lowest BCUT2D eigenvalue weighted by molar-refractivity contribution is -0.117. The fourth-order valence-electron chi connectivity index (χ4n) is 4.64. The molecular formula is C25H33FN4O3S. The van der Waals surface area contributed by atoms with Crippen LogP contribution in [-0.2, 0) is 14.8 Å². The number of nitrogens with one attached hydrogen (secondary N) is 1. The van der Waals surface area contributed by atoms with Crippen molar-refractivity contribution < 1.29 is 17.6 Å². The Bertz CT molecular complexity index is 1110. The van der Waals surface area contributed by atoms with Gasteiger partial charge in [-0.25, -0.2) is 12.8 Å². The highest BCUT2D eigenvalue weighted by Gasteiger charge is 2.27. The monoisotopic (exact) mass is 488 g/mol. The molecule has 2 fully saturated rings. The Kier molecular flexibility index (Phi) is 7.85. The summed E-state index contributed by atoms with van der Waals surface area (Å²) < 4.78 is 42.1. The van der Waals surface area contributed by atoms with Gasteiger partial charge in [0, 0.05) is 45.0 Å². The molecule has 0 aromatic heterocycles. The molecule has 0 saturated carbocycles. The van der Waals surface area contributed by atoms with Crippen molar-refractivity contribution >= 4 is 27.3 Å². The van der Waals surface area contributed by atoms with Gasteiger partial charge < -0.3 is 10.2 Å². The maximum absolute atomic E-state index is 14.0. The van der Waals surface area contributed by atoms with Crippen molar-refractivity contribution in [2.75, 3.05) is 56.0 Å². The molecule has 2 heterocycles. The summed E-state index contributed by atoms with van der Waals surface area (Å²) in [5.41, 5.74) is 1.74. The summed E-state index contributed by atoms with van der Waals surface area (Å²) in [6.45, 7) is 5.62. The minimum Gasteiger partial charge on any atom is -0.367 e. The molecule has 2 aliphatic rings. The van der Waals surface area contributed by atoms with Crippen LogP contribution < -0.4 is 10.2 Å². The molecule has 0 bridgehead atoms. The molecule has 1 amide bonds. The quantitative estimate of drug-likeness (QED) is 0.674. The molecule has 34 heavy (non-hydrogen) atoms. The number of anilines is 2. The Labute approximate surface area is 201 Å². The topological polar surface area (TPSA) is 73.0 Å². The summed E-state index contributed by atoms with van der Waals surface area (Å²) >= 11 is 0. The van der Waals surface area contributed by atoms with Gasteiger partial charge in [0.15, 0.2) is 0 Å². The Morgan fingerprint density at radius 1 is 0.941 bits per heavy atom. The van der Waals surface area contributed by atoms with E-state index in [1.165, 1.54) is 6.07 Å². The predicted octanol–water partition coefficient (Wildman–Crippen LogP) is 3.46. The lowest BCUT2D eigenvalue weighted by atomic mass is 10.2. The summed E-state index contributed by atoms with van der Waals surface area (Å²) in [7, 11) is -3.60. The number of aryl methyl sites for hydroxylation is 1. The number of sulfonamides is 1. The van der Waals surface area contributed by atoms with E-state index in [-0.39, 0.29) is 23.2 Å². The molecule has 7 nitrogen and oxygen atoms in total. The number of carbonyl (C=O) groups excluding carboxylic acids is 1. The minimum absolute atomic E-state index is 0.193. The summed E-state index contributed by atoms with van der Waals surface area (Å²) in [5, 5.41) is 2.86. The molecule has 9 heteroatoms. The number of hydrogen-bond acceptors (Lipinski definition) is 5. The average Bonchev–Trinajstić information content (AvgIpc) is 3.11. The van der Waals surface area contributed by atoms with E-state index in [4.69, 9.17) is 0 Å².